The molecule has 0 saturated heterocycles. The van der Waals surface area contributed by atoms with E-state index in [0.29, 0.717) is 12.1 Å². The van der Waals surface area contributed by atoms with E-state index in [1.54, 1.807) is 0 Å². The number of likely N-dealkylation sites (N-methyl/N-ethyl adjacent to an activating group) is 1. The van der Waals surface area contributed by atoms with Crippen molar-refractivity contribution in [3.8, 4) is 0 Å². The molecule has 0 fully saturated rings. The second kappa shape index (κ2) is 9.80. The zero-order valence-corrected chi connectivity index (χ0v) is 13.5. The molecule has 2 atom stereocenters. The highest BCUT2D eigenvalue weighted by Gasteiger charge is 2.31. The normalized spacial score (nSPS) is 15.7. The minimum Gasteiger partial charge on any atom is -0.376 e. The molecule has 0 bridgehead atoms. The van der Waals surface area contributed by atoms with E-state index in [9.17, 15) is 0 Å². The van der Waals surface area contributed by atoms with Crippen LogP contribution < -0.4 is 5.32 Å². The van der Waals surface area contributed by atoms with E-state index in [4.69, 9.17) is 4.74 Å². The number of hydrogen-bond acceptors (Lipinski definition) is 2. The van der Waals surface area contributed by atoms with Gasteiger partial charge in [0.2, 0.25) is 0 Å². The second-order valence-corrected chi connectivity index (χ2v) is 6.26. The Balaban J connectivity index is 4.40. The number of rotatable bonds is 10. The summed E-state index contributed by atoms with van der Waals surface area (Å²) in [5.74, 6) is 0. The van der Waals surface area contributed by atoms with Gasteiger partial charge in [-0.15, -0.1) is 0 Å². The van der Waals surface area contributed by atoms with Gasteiger partial charge in [-0.2, -0.15) is 0 Å². The first kappa shape index (κ1) is 17.9. The maximum atomic E-state index is 6.02. The standard InChI is InChI=1S/C16H35NO/c1-7-10-11-12-13-14(17-8-2)15(18-9-3)16(4,5)6/h14-15,17H,7-13H2,1-6H3. The Kier molecular flexibility index (Phi) is 9.76. The van der Waals surface area contributed by atoms with Gasteiger partial charge in [0.1, 0.15) is 0 Å². The monoisotopic (exact) mass is 257 g/mol. The predicted molar refractivity (Wildman–Crippen MR) is 81.1 cm³/mol. The first-order chi connectivity index (χ1) is 8.47. The second-order valence-electron chi connectivity index (χ2n) is 6.26. The van der Waals surface area contributed by atoms with E-state index in [0.717, 1.165) is 13.2 Å². The Labute approximate surface area is 115 Å². The Bertz CT molecular complexity index is 186. The first-order valence-electron chi connectivity index (χ1n) is 7.82. The number of hydrogen-bond donors (Lipinski definition) is 1. The van der Waals surface area contributed by atoms with E-state index in [1.165, 1.54) is 32.1 Å². The molecule has 0 amide bonds. The molecule has 18 heavy (non-hydrogen) atoms. The van der Waals surface area contributed by atoms with Crippen molar-refractivity contribution < 1.29 is 4.74 Å². The van der Waals surface area contributed by atoms with Crippen molar-refractivity contribution in [3.63, 3.8) is 0 Å². The summed E-state index contributed by atoms with van der Waals surface area (Å²) in [6.45, 7) is 15.2. The summed E-state index contributed by atoms with van der Waals surface area (Å²) >= 11 is 0. The van der Waals surface area contributed by atoms with E-state index < -0.39 is 0 Å². The van der Waals surface area contributed by atoms with Crippen molar-refractivity contribution in [1.82, 2.24) is 5.32 Å². The zero-order chi connectivity index (χ0) is 14.0. The largest absolute Gasteiger partial charge is 0.376 e. The Hall–Kier alpha value is -0.0800. The number of unbranched alkanes of at least 4 members (excludes halogenated alkanes) is 3. The van der Waals surface area contributed by atoms with Crippen LogP contribution in [0.5, 0.6) is 0 Å². The van der Waals surface area contributed by atoms with Crippen molar-refractivity contribution in [2.24, 2.45) is 5.41 Å². The van der Waals surface area contributed by atoms with E-state index >= 15 is 0 Å². The molecule has 2 unspecified atom stereocenters. The van der Waals surface area contributed by atoms with Crippen LogP contribution in [0.15, 0.2) is 0 Å². The van der Waals surface area contributed by atoms with Gasteiger partial charge >= 0.3 is 0 Å². The van der Waals surface area contributed by atoms with Gasteiger partial charge in [0.25, 0.3) is 0 Å². The number of nitrogens with one attached hydrogen (secondary N) is 1. The lowest BCUT2D eigenvalue weighted by Crippen LogP contribution is -2.48. The van der Waals surface area contributed by atoms with Crippen LogP contribution in [0.25, 0.3) is 0 Å². The fourth-order valence-electron chi connectivity index (χ4n) is 2.56. The summed E-state index contributed by atoms with van der Waals surface area (Å²) in [6.07, 6.45) is 6.86. The average Bonchev–Trinajstić information content (AvgIpc) is 2.29. The lowest BCUT2D eigenvalue weighted by atomic mass is 9.82. The third-order valence-electron chi connectivity index (χ3n) is 3.40. The highest BCUT2D eigenvalue weighted by molar-refractivity contribution is 4.86. The van der Waals surface area contributed by atoms with E-state index in [-0.39, 0.29) is 5.41 Å². The molecule has 0 saturated carbocycles. The molecular formula is C16H35NO. The molecule has 0 aliphatic rings. The lowest BCUT2D eigenvalue weighted by molar-refractivity contribution is -0.0375. The SMILES string of the molecule is CCCCCCC(NCC)C(OCC)C(C)(C)C. The molecule has 0 radical (unpaired) electrons. The molecule has 0 spiro atoms. The smallest absolute Gasteiger partial charge is 0.0775 e. The van der Waals surface area contributed by atoms with Crippen LogP contribution in [0.2, 0.25) is 0 Å². The maximum Gasteiger partial charge on any atom is 0.0775 e. The molecule has 0 aromatic carbocycles. The number of ether oxygens (including phenoxy) is 1. The van der Waals surface area contributed by atoms with Gasteiger partial charge in [0.15, 0.2) is 0 Å². The molecule has 0 aliphatic carbocycles. The molecule has 2 nitrogen and oxygen atoms in total. The molecule has 0 aromatic heterocycles. The minimum absolute atomic E-state index is 0.202. The van der Waals surface area contributed by atoms with Crippen molar-refractivity contribution in [2.75, 3.05) is 13.2 Å². The Morgan fingerprint density at radius 3 is 2.11 bits per heavy atom. The zero-order valence-electron chi connectivity index (χ0n) is 13.5. The molecule has 0 aliphatic heterocycles. The summed E-state index contributed by atoms with van der Waals surface area (Å²) in [5, 5.41) is 3.63. The molecule has 1 N–H and O–H groups in total. The van der Waals surface area contributed by atoms with Gasteiger partial charge in [-0.1, -0.05) is 60.3 Å². The van der Waals surface area contributed by atoms with Gasteiger partial charge in [-0.05, 0) is 25.3 Å². The topological polar surface area (TPSA) is 21.3 Å². The molecule has 2 heteroatoms. The first-order valence-corrected chi connectivity index (χ1v) is 7.82. The minimum atomic E-state index is 0.202. The van der Waals surface area contributed by atoms with Gasteiger partial charge < -0.3 is 10.1 Å². The summed E-state index contributed by atoms with van der Waals surface area (Å²) in [4.78, 5) is 0. The van der Waals surface area contributed by atoms with Crippen molar-refractivity contribution in [1.29, 1.82) is 0 Å². The third-order valence-corrected chi connectivity index (χ3v) is 3.40. The van der Waals surface area contributed by atoms with Gasteiger partial charge in [0, 0.05) is 12.6 Å². The van der Waals surface area contributed by atoms with Crippen molar-refractivity contribution in [3.05, 3.63) is 0 Å². The summed E-state index contributed by atoms with van der Waals surface area (Å²) in [5.41, 5.74) is 0.202. The lowest BCUT2D eigenvalue weighted by Gasteiger charge is -2.37. The summed E-state index contributed by atoms with van der Waals surface area (Å²) in [6, 6.07) is 0.492. The summed E-state index contributed by atoms with van der Waals surface area (Å²) < 4.78 is 6.02. The molecule has 0 aromatic rings. The quantitative estimate of drug-likeness (QED) is 0.586. The van der Waals surface area contributed by atoms with Crippen LogP contribution in [0.1, 0.15) is 73.6 Å². The maximum absolute atomic E-state index is 6.02. The van der Waals surface area contributed by atoms with Gasteiger partial charge in [0.05, 0.1) is 6.10 Å². The Morgan fingerprint density at radius 2 is 1.67 bits per heavy atom. The van der Waals surface area contributed by atoms with Crippen LogP contribution >= 0.6 is 0 Å². The molecule has 0 rings (SSSR count). The fraction of sp³-hybridized carbons (Fsp3) is 1.00. The van der Waals surface area contributed by atoms with E-state index in [1.807, 2.05) is 0 Å². The van der Waals surface area contributed by atoms with Crippen LogP contribution in [-0.4, -0.2) is 25.3 Å². The Morgan fingerprint density at radius 1 is 1.00 bits per heavy atom. The third kappa shape index (κ3) is 7.38. The van der Waals surface area contributed by atoms with Gasteiger partial charge in [-0.3, -0.25) is 0 Å². The highest BCUT2D eigenvalue weighted by atomic mass is 16.5. The molecule has 110 valence electrons. The van der Waals surface area contributed by atoms with Crippen molar-refractivity contribution >= 4 is 0 Å². The molecule has 0 heterocycles. The highest BCUT2D eigenvalue weighted by Crippen LogP contribution is 2.27. The van der Waals surface area contributed by atoms with Crippen LogP contribution in [-0.2, 0) is 4.74 Å². The van der Waals surface area contributed by atoms with Crippen LogP contribution in [0, 0.1) is 5.41 Å². The predicted octanol–water partition coefficient (Wildman–Crippen LogP) is 4.39. The summed E-state index contributed by atoms with van der Waals surface area (Å²) in [7, 11) is 0. The van der Waals surface area contributed by atoms with E-state index in [2.05, 4.69) is 46.9 Å². The average molecular weight is 257 g/mol. The fourth-order valence-corrected chi connectivity index (χ4v) is 2.56. The van der Waals surface area contributed by atoms with Crippen LogP contribution in [0.4, 0.5) is 0 Å². The van der Waals surface area contributed by atoms with Crippen molar-refractivity contribution in [2.45, 2.75) is 85.8 Å². The molecular weight excluding hydrogens is 222 g/mol. The van der Waals surface area contributed by atoms with Crippen LogP contribution in [0.3, 0.4) is 0 Å². The van der Waals surface area contributed by atoms with Gasteiger partial charge in [-0.25, -0.2) is 0 Å².